The van der Waals surface area contributed by atoms with Crippen molar-refractivity contribution in [3.63, 3.8) is 0 Å². The third-order valence-corrected chi connectivity index (χ3v) is 6.32. The Kier molecular flexibility index (Phi) is 4.67. The summed E-state index contributed by atoms with van der Waals surface area (Å²) in [5.74, 6) is 2.99. The molecule has 2 saturated carbocycles. The van der Waals surface area contributed by atoms with Crippen LogP contribution in [0.2, 0.25) is 0 Å². The van der Waals surface area contributed by atoms with E-state index in [0.29, 0.717) is 17.7 Å². The summed E-state index contributed by atoms with van der Waals surface area (Å²) in [5, 5.41) is 0. The Balaban J connectivity index is 1.37. The molecule has 3 atom stereocenters. The molecule has 24 heavy (non-hydrogen) atoms. The molecule has 1 aromatic rings. The number of anilines is 1. The van der Waals surface area contributed by atoms with Crippen LogP contribution in [0.25, 0.3) is 0 Å². The number of nitrogens with zero attached hydrogens (tertiary/aromatic N) is 4. The molecule has 0 unspecified atom stereocenters. The van der Waals surface area contributed by atoms with E-state index in [9.17, 15) is 4.79 Å². The summed E-state index contributed by atoms with van der Waals surface area (Å²) in [4.78, 5) is 26.1. The minimum atomic E-state index is 0.295. The van der Waals surface area contributed by atoms with Gasteiger partial charge in [-0.25, -0.2) is 9.97 Å². The number of rotatable bonds is 2. The van der Waals surface area contributed by atoms with Crippen molar-refractivity contribution in [3.8, 4) is 0 Å². The number of fused-ring (bicyclic) bond motifs is 1. The van der Waals surface area contributed by atoms with Gasteiger partial charge in [-0.3, -0.25) is 4.79 Å². The standard InChI is InChI=1S/C19H28N4O/c24-18(17-8-3-6-15-5-1-2-7-16(15)17)22-11-13-23(14-12-22)19-20-9-4-10-21-19/h4,9-10,15-17H,1-3,5-8,11-14H2/t15-,16+,17+/m0/s1. The fraction of sp³-hybridized carbons (Fsp3) is 0.737. The first-order chi connectivity index (χ1) is 11.8. The summed E-state index contributed by atoms with van der Waals surface area (Å²) in [7, 11) is 0. The largest absolute Gasteiger partial charge is 0.339 e. The normalized spacial score (nSPS) is 30.8. The summed E-state index contributed by atoms with van der Waals surface area (Å²) in [5.41, 5.74) is 0. The Morgan fingerprint density at radius 1 is 0.917 bits per heavy atom. The second-order valence-electron chi connectivity index (χ2n) is 7.61. The zero-order valence-corrected chi connectivity index (χ0v) is 14.4. The van der Waals surface area contributed by atoms with E-state index in [0.717, 1.165) is 44.5 Å². The molecule has 1 aliphatic heterocycles. The van der Waals surface area contributed by atoms with E-state index in [1.54, 1.807) is 12.4 Å². The van der Waals surface area contributed by atoms with Crippen LogP contribution in [0.4, 0.5) is 5.95 Å². The minimum absolute atomic E-state index is 0.295. The fourth-order valence-electron chi connectivity index (χ4n) is 5.06. The van der Waals surface area contributed by atoms with Crippen LogP contribution in [0.1, 0.15) is 44.9 Å². The van der Waals surface area contributed by atoms with Gasteiger partial charge in [-0.1, -0.05) is 32.1 Å². The predicted octanol–water partition coefficient (Wildman–Crippen LogP) is 2.73. The van der Waals surface area contributed by atoms with E-state index in [2.05, 4.69) is 19.8 Å². The number of carbonyl (C=O) groups excluding carboxylic acids is 1. The fourth-order valence-corrected chi connectivity index (χ4v) is 5.06. The Morgan fingerprint density at radius 2 is 1.62 bits per heavy atom. The summed E-state index contributed by atoms with van der Waals surface area (Å²) >= 11 is 0. The molecule has 0 aromatic carbocycles. The van der Waals surface area contributed by atoms with E-state index < -0.39 is 0 Å². The molecule has 1 amide bonds. The highest BCUT2D eigenvalue weighted by atomic mass is 16.2. The summed E-state index contributed by atoms with van der Waals surface area (Å²) in [6.07, 6.45) is 12.6. The number of hydrogen-bond acceptors (Lipinski definition) is 4. The van der Waals surface area contributed by atoms with Crippen molar-refractivity contribution in [1.29, 1.82) is 0 Å². The van der Waals surface area contributed by atoms with Crippen molar-refractivity contribution >= 4 is 11.9 Å². The lowest BCUT2D eigenvalue weighted by atomic mass is 9.65. The van der Waals surface area contributed by atoms with E-state index in [1.165, 1.54) is 38.5 Å². The Morgan fingerprint density at radius 3 is 2.42 bits per heavy atom. The lowest BCUT2D eigenvalue weighted by Gasteiger charge is -2.43. The molecule has 5 nitrogen and oxygen atoms in total. The van der Waals surface area contributed by atoms with Crippen LogP contribution in [0.5, 0.6) is 0 Å². The van der Waals surface area contributed by atoms with Gasteiger partial charge in [-0.15, -0.1) is 0 Å². The van der Waals surface area contributed by atoms with Crippen molar-refractivity contribution in [2.75, 3.05) is 31.1 Å². The van der Waals surface area contributed by atoms with Gasteiger partial charge in [0.25, 0.3) is 0 Å². The van der Waals surface area contributed by atoms with Crippen molar-refractivity contribution in [2.45, 2.75) is 44.9 Å². The summed E-state index contributed by atoms with van der Waals surface area (Å²) < 4.78 is 0. The van der Waals surface area contributed by atoms with Gasteiger partial charge in [0.2, 0.25) is 11.9 Å². The molecule has 4 rings (SSSR count). The monoisotopic (exact) mass is 328 g/mol. The molecule has 130 valence electrons. The molecule has 2 heterocycles. The van der Waals surface area contributed by atoms with Crippen LogP contribution in [-0.4, -0.2) is 47.0 Å². The first-order valence-electron chi connectivity index (χ1n) is 9.63. The number of aromatic nitrogens is 2. The topological polar surface area (TPSA) is 49.3 Å². The first kappa shape index (κ1) is 15.9. The predicted molar refractivity (Wildman–Crippen MR) is 93.6 cm³/mol. The molecule has 3 fully saturated rings. The maximum Gasteiger partial charge on any atom is 0.226 e. The highest BCUT2D eigenvalue weighted by molar-refractivity contribution is 5.79. The average Bonchev–Trinajstić information content (AvgIpc) is 2.68. The lowest BCUT2D eigenvalue weighted by molar-refractivity contribution is -0.140. The molecular weight excluding hydrogens is 300 g/mol. The molecule has 1 aromatic heterocycles. The van der Waals surface area contributed by atoms with Crippen LogP contribution >= 0.6 is 0 Å². The highest BCUT2D eigenvalue weighted by Crippen LogP contribution is 2.44. The van der Waals surface area contributed by atoms with Crippen LogP contribution in [0, 0.1) is 17.8 Å². The average molecular weight is 328 g/mol. The van der Waals surface area contributed by atoms with Crippen LogP contribution in [-0.2, 0) is 4.79 Å². The van der Waals surface area contributed by atoms with Crippen molar-refractivity contribution in [2.24, 2.45) is 17.8 Å². The summed E-state index contributed by atoms with van der Waals surface area (Å²) in [6, 6.07) is 1.84. The smallest absolute Gasteiger partial charge is 0.226 e. The molecule has 0 radical (unpaired) electrons. The second-order valence-corrected chi connectivity index (χ2v) is 7.61. The van der Waals surface area contributed by atoms with Crippen molar-refractivity contribution in [1.82, 2.24) is 14.9 Å². The SMILES string of the molecule is O=C([C@@H]1CCC[C@@H]2CCCC[C@H]21)N1CCN(c2ncccn2)CC1. The molecule has 5 heteroatoms. The third kappa shape index (κ3) is 3.13. The van der Waals surface area contributed by atoms with E-state index in [1.807, 2.05) is 6.07 Å². The van der Waals surface area contributed by atoms with Gasteiger partial charge in [0.1, 0.15) is 0 Å². The van der Waals surface area contributed by atoms with Gasteiger partial charge >= 0.3 is 0 Å². The minimum Gasteiger partial charge on any atom is -0.339 e. The Hall–Kier alpha value is -1.65. The quantitative estimate of drug-likeness (QED) is 0.837. The molecule has 1 saturated heterocycles. The Labute approximate surface area is 144 Å². The van der Waals surface area contributed by atoms with Crippen LogP contribution in [0.3, 0.4) is 0 Å². The van der Waals surface area contributed by atoms with Gasteiger partial charge in [0, 0.05) is 44.5 Å². The Bertz CT molecular complexity index is 554. The number of piperazine rings is 1. The molecule has 0 N–H and O–H groups in total. The third-order valence-electron chi connectivity index (χ3n) is 6.32. The number of carbonyl (C=O) groups is 1. The highest BCUT2D eigenvalue weighted by Gasteiger charge is 2.40. The van der Waals surface area contributed by atoms with Gasteiger partial charge in [0.05, 0.1) is 0 Å². The first-order valence-corrected chi connectivity index (χ1v) is 9.63. The lowest BCUT2D eigenvalue weighted by Crippen LogP contribution is -2.52. The zero-order valence-electron chi connectivity index (χ0n) is 14.4. The number of hydrogen-bond donors (Lipinski definition) is 0. The maximum atomic E-state index is 13.1. The van der Waals surface area contributed by atoms with Crippen LogP contribution in [0.15, 0.2) is 18.5 Å². The van der Waals surface area contributed by atoms with Gasteiger partial charge < -0.3 is 9.80 Å². The molecular formula is C19H28N4O. The van der Waals surface area contributed by atoms with Crippen LogP contribution < -0.4 is 4.90 Å². The van der Waals surface area contributed by atoms with Gasteiger partial charge in [0.15, 0.2) is 0 Å². The second kappa shape index (κ2) is 7.08. The van der Waals surface area contributed by atoms with Gasteiger partial charge in [-0.2, -0.15) is 0 Å². The van der Waals surface area contributed by atoms with Gasteiger partial charge in [-0.05, 0) is 30.7 Å². The summed E-state index contributed by atoms with van der Waals surface area (Å²) in [6.45, 7) is 3.31. The maximum absolute atomic E-state index is 13.1. The van der Waals surface area contributed by atoms with E-state index in [4.69, 9.17) is 0 Å². The van der Waals surface area contributed by atoms with Crippen molar-refractivity contribution < 1.29 is 4.79 Å². The van der Waals surface area contributed by atoms with E-state index >= 15 is 0 Å². The zero-order chi connectivity index (χ0) is 16.4. The molecule has 2 aliphatic carbocycles. The molecule has 0 spiro atoms. The van der Waals surface area contributed by atoms with E-state index in [-0.39, 0.29) is 0 Å². The molecule has 0 bridgehead atoms. The number of amides is 1. The molecule has 3 aliphatic rings. The van der Waals surface area contributed by atoms with Crippen molar-refractivity contribution in [3.05, 3.63) is 18.5 Å².